The van der Waals surface area contributed by atoms with Crippen LogP contribution in [0.25, 0.3) is 0 Å². The molecule has 2 N–H and O–H groups in total. The first-order valence-corrected chi connectivity index (χ1v) is 10.2. The van der Waals surface area contributed by atoms with Crippen molar-refractivity contribution in [3.63, 3.8) is 0 Å². The number of para-hydroxylation sites is 1. The monoisotopic (exact) mass is 396 g/mol. The van der Waals surface area contributed by atoms with Crippen LogP contribution in [0.3, 0.4) is 0 Å². The molecule has 2 rings (SSSR count). The summed E-state index contributed by atoms with van der Waals surface area (Å²) in [6.45, 7) is 2.32. The van der Waals surface area contributed by atoms with Crippen molar-refractivity contribution in [1.29, 1.82) is 0 Å². The summed E-state index contributed by atoms with van der Waals surface area (Å²) in [5, 5.41) is 3.24. The van der Waals surface area contributed by atoms with Crippen molar-refractivity contribution in [1.82, 2.24) is 10.0 Å². The van der Waals surface area contributed by atoms with E-state index in [1.807, 2.05) is 12.1 Å². The molecule has 0 heterocycles. The Morgan fingerprint density at radius 3 is 2.50 bits per heavy atom. The van der Waals surface area contributed by atoms with Gasteiger partial charge in [-0.1, -0.05) is 42.8 Å². The normalized spacial score (nSPS) is 11.2. The number of rotatable bonds is 9. The predicted molar refractivity (Wildman–Crippen MR) is 102 cm³/mol. The Bertz CT molecular complexity index is 839. The number of ether oxygens (including phenoxy) is 1. The first-order valence-electron chi connectivity index (χ1n) is 8.13. The van der Waals surface area contributed by atoms with Crippen LogP contribution in [0, 0.1) is 0 Å². The van der Waals surface area contributed by atoms with Gasteiger partial charge < -0.3 is 10.1 Å². The fourth-order valence-corrected chi connectivity index (χ4v) is 3.29. The number of carbonyl (C=O) groups excluding carboxylic acids is 1. The third-order valence-electron chi connectivity index (χ3n) is 3.46. The second-order valence-corrected chi connectivity index (χ2v) is 7.85. The van der Waals surface area contributed by atoms with Crippen molar-refractivity contribution in [2.45, 2.75) is 13.5 Å². The molecule has 0 aliphatic rings. The van der Waals surface area contributed by atoms with Gasteiger partial charge in [0.2, 0.25) is 10.0 Å². The number of hydrogen-bond donors (Lipinski definition) is 2. The molecule has 0 atom stereocenters. The fourth-order valence-electron chi connectivity index (χ4n) is 2.21. The average Bonchev–Trinajstić information content (AvgIpc) is 2.61. The van der Waals surface area contributed by atoms with E-state index in [9.17, 15) is 13.2 Å². The van der Waals surface area contributed by atoms with Gasteiger partial charge in [-0.2, -0.15) is 0 Å². The van der Waals surface area contributed by atoms with Crippen molar-refractivity contribution >= 4 is 27.5 Å². The quantitative estimate of drug-likeness (QED) is 0.682. The molecule has 0 radical (unpaired) electrons. The van der Waals surface area contributed by atoms with E-state index in [4.69, 9.17) is 16.3 Å². The maximum Gasteiger partial charge on any atom is 0.255 e. The topological polar surface area (TPSA) is 84.5 Å². The van der Waals surface area contributed by atoms with Crippen molar-refractivity contribution in [3.8, 4) is 5.75 Å². The summed E-state index contributed by atoms with van der Waals surface area (Å²) < 4.78 is 31.3. The van der Waals surface area contributed by atoms with E-state index in [1.54, 1.807) is 43.3 Å². The van der Waals surface area contributed by atoms with Gasteiger partial charge in [0.25, 0.3) is 5.91 Å². The highest BCUT2D eigenvalue weighted by atomic mass is 35.5. The van der Waals surface area contributed by atoms with E-state index >= 15 is 0 Å². The highest BCUT2D eigenvalue weighted by molar-refractivity contribution is 7.89. The molecule has 0 aliphatic carbocycles. The second-order valence-electron chi connectivity index (χ2n) is 5.48. The molecule has 8 heteroatoms. The Kier molecular flexibility index (Phi) is 7.44. The van der Waals surface area contributed by atoms with Gasteiger partial charge in [-0.3, -0.25) is 4.79 Å². The van der Waals surface area contributed by atoms with E-state index in [2.05, 4.69) is 10.0 Å². The molecule has 140 valence electrons. The van der Waals surface area contributed by atoms with Gasteiger partial charge in [0, 0.05) is 18.1 Å². The number of carbonyl (C=O) groups is 1. The SMILES string of the molecule is CCNS(=O)(=O)CCNC(=O)c1ccccc1OCc1ccc(Cl)cc1. The average molecular weight is 397 g/mol. The van der Waals surface area contributed by atoms with Crippen molar-refractivity contribution in [2.24, 2.45) is 0 Å². The number of hydrogen-bond acceptors (Lipinski definition) is 4. The van der Waals surface area contributed by atoms with Crippen LogP contribution in [-0.4, -0.2) is 33.2 Å². The Labute approximate surface area is 158 Å². The van der Waals surface area contributed by atoms with Crippen molar-refractivity contribution < 1.29 is 17.9 Å². The van der Waals surface area contributed by atoms with E-state index in [1.165, 1.54) is 0 Å². The minimum absolute atomic E-state index is 0.0136. The van der Waals surface area contributed by atoms with Crippen LogP contribution < -0.4 is 14.8 Å². The van der Waals surface area contributed by atoms with Crippen LogP contribution in [-0.2, 0) is 16.6 Å². The lowest BCUT2D eigenvalue weighted by molar-refractivity contribution is 0.0951. The molecule has 6 nitrogen and oxygen atoms in total. The minimum atomic E-state index is -3.38. The number of nitrogens with one attached hydrogen (secondary N) is 2. The molecule has 2 aromatic carbocycles. The van der Waals surface area contributed by atoms with Gasteiger partial charge in [-0.25, -0.2) is 13.1 Å². The van der Waals surface area contributed by atoms with Gasteiger partial charge in [-0.15, -0.1) is 0 Å². The smallest absolute Gasteiger partial charge is 0.255 e. The lowest BCUT2D eigenvalue weighted by Crippen LogP contribution is -2.34. The molecule has 0 spiro atoms. The molecule has 2 aromatic rings. The van der Waals surface area contributed by atoms with Gasteiger partial charge in [0.15, 0.2) is 0 Å². The number of halogens is 1. The van der Waals surface area contributed by atoms with Crippen LogP contribution >= 0.6 is 11.6 Å². The van der Waals surface area contributed by atoms with Crippen LogP contribution in [0.5, 0.6) is 5.75 Å². The van der Waals surface area contributed by atoms with E-state index in [0.29, 0.717) is 22.9 Å². The highest BCUT2D eigenvalue weighted by Gasteiger charge is 2.14. The van der Waals surface area contributed by atoms with Crippen LogP contribution in [0.1, 0.15) is 22.8 Å². The number of benzene rings is 2. The van der Waals surface area contributed by atoms with E-state index in [0.717, 1.165) is 5.56 Å². The Morgan fingerprint density at radius 1 is 1.12 bits per heavy atom. The minimum Gasteiger partial charge on any atom is -0.488 e. The molecule has 1 amide bonds. The zero-order valence-electron chi connectivity index (χ0n) is 14.4. The lowest BCUT2D eigenvalue weighted by atomic mass is 10.2. The highest BCUT2D eigenvalue weighted by Crippen LogP contribution is 2.20. The summed E-state index contributed by atoms with van der Waals surface area (Å²) in [4.78, 5) is 12.3. The Hall–Kier alpha value is -2.09. The van der Waals surface area contributed by atoms with E-state index < -0.39 is 10.0 Å². The number of sulfonamides is 1. The molecule has 0 saturated carbocycles. The zero-order chi connectivity index (χ0) is 19.0. The fraction of sp³-hybridized carbons (Fsp3) is 0.278. The molecule has 0 fully saturated rings. The largest absolute Gasteiger partial charge is 0.488 e. The first-order chi connectivity index (χ1) is 12.4. The first kappa shape index (κ1) is 20.2. The van der Waals surface area contributed by atoms with Crippen LogP contribution in [0.15, 0.2) is 48.5 Å². The molecule has 0 bridgehead atoms. The number of amides is 1. The summed E-state index contributed by atoms with van der Waals surface area (Å²) in [5.74, 6) is -0.140. The summed E-state index contributed by atoms with van der Waals surface area (Å²) in [6, 6.07) is 14.0. The van der Waals surface area contributed by atoms with Gasteiger partial charge in [0.05, 0.1) is 11.3 Å². The van der Waals surface area contributed by atoms with Gasteiger partial charge in [0.1, 0.15) is 12.4 Å². The second kappa shape index (κ2) is 9.56. The van der Waals surface area contributed by atoms with Crippen molar-refractivity contribution in [3.05, 3.63) is 64.7 Å². The molecule has 0 aromatic heterocycles. The van der Waals surface area contributed by atoms with E-state index in [-0.39, 0.29) is 24.8 Å². The van der Waals surface area contributed by atoms with Crippen LogP contribution in [0.4, 0.5) is 0 Å². The standard InChI is InChI=1S/C18H21ClN2O4S/c1-2-21-26(23,24)12-11-20-18(22)16-5-3-4-6-17(16)25-13-14-7-9-15(19)10-8-14/h3-10,21H,2,11-13H2,1H3,(H,20,22). The van der Waals surface area contributed by atoms with Gasteiger partial charge >= 0.3 is 0 Å². The summed E-state index contributed by atoms with van der Waals surface area (Å²) in [5.41, 5.74) is 1.27. The molecule has 0 saturated heterocycles. The third kappa shape index (κ3) is 6.33. The molecular weight excluding hydrogens is 376 g/mol. The molecule has 26 heavy (non-hydrogen) atoms. The maximum atomic E-state index is 12.3. The summed E-state index contributed by atoms with van der Waals surface area (Å²) in [6.07, 6.45) is 0. The summed E-state index contributed by atoms with van der Waals surface area (Å²) >= 11 is 5.85. The molecule has 0 unspecified atom stereocenters. The maximum absolute atomic E-state index is 12.3. The van der Waals surface area contributed by atoms with Crippen molar-refractivity contribution in [2.75, 3.05) is 18.8 Å². The lowest BCUT2D eigenvalue weighted by Gasteiger charge is -2.12. The Morgan fingerprint density at radius 2 is 1.81 bits per heavy atom. The molecule has 0 aliphatic heterocycles. The predicted octanol–water partition coefficient (Wildman–Crippen LogP) is 2.59. The third-order valence-corrected chi connectivity index (χ3v) is 5.18. The zero-order valence-corrected chi connectivity index (χ0v) is 15.9. The summed E-state index contributed by atoms with van der Waals surface area (Å²) in [7, 11) is -3.38. The molecular formula is C18H21ClN2O4S. The van der Waals surface area contributed by atoms with Gasteiger partial charge in [-0.05, 0) is 29.8 Å². The Balaban J connectivity index is 1.96. The van der Waals surface area contributed by atoms with Crippen LogP contribution in [0.2, 0.25) is 5.02 Å².